The number of carbonyl (C=O) groups excluding carboxylic acids is 1. The molecule has 0 aliphatic carbocycles. The maximum atomic E-state index is 12.2. The molecule has 0 spiro atoms. The van der Waals surface area contributed by atoms with Crippen molar-refractivity contribution in [1.29, 1.82) is 0 Å². The minimum Gasteiger partial charge on any atom is -0.335 e. The van der Waals surface area contributed by atoms with Gasteiger partial charge in [0.15, 0.2) is 0 Å². The lowest BCUT2D eigenvalue weighted by Gasteiger charge is -2.29. The minimum atomic E-state index is 0.0734. The first-order valence-corrected chi connectivity index (χ1v) is 9.59. The van der Waals surface area contributed by atoms with Crippen molar-refractivity contribution >= 4 is 5.91 Å². The Kier molecular flexibility index (Phi) is 6.84. The summed E-state index contributed by atoms with van der Waals surface area (Å²) >= 11 is 0. The number of hydrogen-bond donors (Lipinski definition) is 0. The molecule has 0 N–H and O–H groups in total. The number of aromatic nitrogens is 2. The summed E-state index contributed by atoms with van der Waals surface area (Å²) in [5.74, 6) is 1.19. The van der Waals surface area contributed by atoms with Gasteiger partial charge in [-0.2, -0.15) is 5.10 Å². The molecule has 136 valence electrons. The highest BCUT2D eigenvalue weighted by Gasteiger charge is 2.24. The van der Waals surface area contributed by atoms with E-state index in [0.29, 0.717) is 6.54 Å². The molecule has 3 rings (SSSR count). The molecule has 1 fully saturated rings. The molecule has 0 unspecified atom stereocenters. The van der Waals surface area contributed by atoms with Gasteiger partial charge in [-0.25, -0.2) is 0 Å². The van der Waals surface area contributed by atoms with Gasteiger partial charge in [-0.15, -0.1) is 0 Å². The lowest BCUT2D eigenvalue weighted by atomic mass is 9.99. The fourth-order valence-electron chi connectivity index (χ4n) is 3.41. The van der Waals surface area contributed by atoms with E-state index in [-0.39, 0.29) is 11.8 Å². The summed E-state index contributed by atoms with van der Waals surface area (Å²) in [7, 11) is 0. The van der Waals surface area contributed by atoms with Crippen molar-refractivity contribution in [3.05, 3.63) is 17.5 Å². The smallest absolute Gasteiger partial charge is 0.225 e. The third-order valence-corrected chi connectivity index (χ3v) is 4.92. The first-order chi connectivity index (χ1) is 11.5. The van der Waals surface area contributed by atoms with Gasteiger partial charge in [-0.3, -0.25) is 14.4 Å². The fourth-order valence-corrected chi connectivity index (χ4v) is 3.41. The number of amides is 1. The number of fused-ring (bicyclic) bond motifs is 1. The van der Waals surface area contributed by atoms with Crippen molar-refractivity contribution < 1.29 is 4.79 Å². The zero-order valence-corrected chi connectivity index (χ0v) is 16.1. The number of hydrogen-bond acceptors (Lipinski definition) is 3. The average Bonchev–Trinajstić information content (AvgIpc) is 2.99. The van der Waals surface area contributed by atoms with Crippen LogP contribution in [0.3, 0.4) is 0 Å². The van der Waals surface area contributed by atoms with E-state index in [1.54, 1.807) is 0 Å². The topological polar surface area (TPSA) is 41.4 Å². The average molecular weight is 335 g/mol. The quantitative estimate of drug-likeness (QED) is 0.853. The van der Waals surface area contributed by atoms with Gasteiger partial charge in [0, 0.05) is 19.0 Å². The Morgan fingerprint density at radius 3 is 2.50 bits per heavy atom. The highest BCUT2D eigenvalue weighted by molar-refractivity contribution is 5.78. The Morgan fingerprint density at radius 2 is 1.88 bits per heavy atom. The Bertz CT molecular complexity index is 529. The monoisotopic (exact) mass is 334 g/mol. The van der Waals surface area contributed by atoms with Crippen LogP contribution in [0.5, 0.6) is 0 Å². The number of carbonyl (C=O) groups is 1. The van der Waals surface area contributed by atoms with Crippen LogP contribution in [0.25, 0.3) is 0 Å². The van der Waals surface area contributed by atoms with E-state index in [4.69, 9.17) is 5.10 Å². The van der Waals surface area contributed by atoms with Crippen molar-refractivity contribution in [2.24, 2.45) is 11.8 Å². The molecule has 5 heteroatoms. The predicted molar refractivity (Wildman–Crippen MR) is 97.5 cm³/mol. The van der Waals surface area contributed by atoms with Crippen LogP contribution in [0, 0.1) is 11.8 Å². The molecule has 1 aromatic rings. The number of likely N-dealkylation sites (tertiary alicyclic amines) is 1. The lowest BCUT2D eigenvalue weighted by Crippen LogP contribution is -2.40. The Balaban J connectivity index is 0.00000100. The van der Waals surface area contributed by atoms with Gasteiger partial charge in [0.1, 0.15) is 0 Å². The second-order valence-electron chi connectivity index (χ2n) is 7.22. The molecule has 1 aromatic heterocycles. The van der Waals surface area contributed by atoms with E-state index in [0.717, 1.165) is 31.2 Å². The van der Waals surface area contributed by atoms with Crippen molar-refractivity contribution in [2.45, 2.75) is 67.1 Å². The van der Waals surface area contributed by atoms with Crippen LogP contribution in [-0.2, 0) is 24.4 Å². The van der Waals surface area contributed by atoms with E-state index in [2.05, 4.69) is 22.6 Å². The van der Waals surface area contributed by atoms with Gasteiger partial charge in [-0.05, 0) is 37.9 Å². The Labute approximate surface area is 147 Å². The second kappa shape index (κ2) is 8.65. The van der Waals surface area contributed by atoms with Crippen LogP contribution in [0.1, 0.15) is 58.8 Å². The molecule has 3 heterocycles. The summed E-state index contributed by atoms with van der Waals surface area (Å²) in [6, 6.07) is 2.19. The van der Waals surface area contributed by atoms with Gasteiger partial charge < -0.3 is 4.90 Å². The van der Waals surface area contributed by atoms with Crippen LogP contribution >= 0.6 is 0 Å². The Hall–Kier alpha value is -1.36. The molecule has 0 atom stereocenters. The SMILES string of the molecule is CC.CC1CCN(Cc2cc3n(n2)CCN(C(=O)C(C)C)C3)CC1. The zero-order chi connectivity index (χ0) is 17.7. The van der Waals surface area contributed by atoms with E-state index >= 15 is 0 Å². The third-order valence-electron chi connectivity index (χ3n) is 4.92. The standard InChI is InChI=1S/C17H28N4O.C2H6/c1-13(2)17(22)20-8-9-21-16(12-20)10-15(18-21)11-19-6-4-14(3)5-7-19;1-2/h10,13-14H,4-9,11-12H2,1-3H3;1-2H3. The molecule has 1 amide bonds. The number of piperidine rings is 1. The maximum Gasteiger partial charge on any atom is 0.225 e. The molecular formula is C19H34N4O. The summed E-state index contributed by atoms with van der Waals surface area (Å²) in [6.07, 6.45) is 2.59. The highest BCUT2D eigenvalue weighted by Crippen LogP contribution is 2.20. The molecule has 2 aliphatic heterocycles. The summed E-state index contributed by atoms with van der Waals surface area (Å²) < 4.78 is 2.09. The summed E-state index contributed by atoms with van der Waals surface area (Å²) in [5, 5.41) is 4.74. The molecule has 0 saturated carbocycles. The Morgan fingerprint density at radius 1 is 1.21 bits per heavy atom. The summed E-state index contributed by atoms with van der Waals surface area (Å²) in [5.41, 5.74) is 2.34. The van der Waals surface area contributed by atoms with Crippen LogP contribution in [0.2, 0.25) is 0 Å². The van der Waals surface area contributed by atoms with Gasteiger partial charge in [0.05, 0.1) is 24.5 Å². The molecule has 1 saturated heterocycles. The number of nitrogens with zero attached hydrogens (tertiary/aromatic N) is 4. The molecule has 0 radical (unpaired) electrons. The van der Waals surface area contributed by atoms with Crippen LogP contribution in [0.15, 0.2) is 6.07 Å². The van der Waals surface area contributed by atoms with Gasteiger partial charge in [0.25, 0.3) is 0 Å². The molecule has 0 aromatic carbocycles. The molecule has 2 aliphatic rings. The van der Waals surface area contributed by atoms with Crippen molar-refractivity contribution in [1.82, 2.24) is 19.6 Å². The second-order valence-corrected chi connectivity index (χ2v) is 7.22. The van der Waals surface area contributed by atoms with Gasteiger partial charge >= 0.3 is 0 Å². The van der Waals surface area contributed by atoms with Gasteiger partial charge in [0.2, 0.25) is 5.91 Å². The largest absolute Gasteiger partial charge is 0.335 e. The van der Waals surface area contributed by atoms with Crippen LogP contribution < -0.4 is 0 Å². The summed E-state index contributed by atoms with van der Waals surface area (Å²) in [4.78, 5) is 16.6. The van der Waals surface area contributed by atoms with Crippen LogP contribution in [0.4, 0.5) is 0 Å². The summed E-state index contributed by atoms with van der Waals surface area (Å²) in [6.45, 7) is 15.9. The molecule has 0 bridgehead atoms. The zero-order valence-electron chi connectivity index (χ0n) is 16.1. The third kappa shape index (κ3) is 4.59. The van der Waals surface area contributed by atoms with Crippen molar-refractivity contribution in [3.63, 3.8) is 0 Å². The van der Waals surface area contributed by atoms with Crippen molar-refractivity contribution in [2.75, 3.05) is 19.6 Å². The van der Waals surface area contributed by atoms with E-state index < -0.39 is 0 Å². The van der Waals surface area contributed by atoms with Crippen molar-refractivity contribution in [3.8, 4) is 0 Å². The first-order valence-electron chi connectivity index (χ1n) is 9.59. The van der Waals surface area contributed by atoms with E-state index in [1.807, 2.05) is 32.6 Å². The normalized spacial score (nSPS) is 19.0. The number of rotatable bonds is 3. The lowest BCUT2D eigenvalue weighted by molar-refractivity contribution is -0.136. The van der Waals surface area contributed by atoms with Crippen LogP contribution in [-0.4, -0.2) is 45.1 Å². The fraction of sp³-hybridized carbons (Fsp3) is 0.789. The van der Waals surface area contributed by atoms with Gasteiger partial charge in [-0.1, -0.05) is 34.6 Å². The molecule has 24 heavy (non-hydrogen) atoms. The minimum absolute atomic E-state index is 0.0734. The van der Waals surface area contributed by atoms with E-state index in [1.165, 1.54) is 31.6 Å². The highest BCUT2D eigenvalue weighted by atomic mass is 16.2. The molecular weight excluding hydrogens is 300 g/mol. The van der Waals surface area contributed by atoms with E-state index in [9.17, 15) is 4.79 Å². The first kappa shape index (κ1) is 19.0. The maximum absolute atomic E-state index is 12.2. The molecule has 5 nitrogen and oxygen atoms in total. The predicted octanol–water partition coefficient (Wildman–Crippen LogP) is 3.14.